The summed E-state index contributed by atoms with van der Waals surface area (Å²) >= 11 is 0.909. The van der Waals surface area contributed by atoms with E-state index >= 15 is 0 Å². The molecule has 10 nitrogen and oxygen atoms in total. The summed E-state index contributed by atoms with van der Waals surface area (Å²) in [5.74, 6) is -2.01. The number of carbonyl (C=O) groups excluding carboxylic acids is 3. The van der Waals surface area contributed by atoms with Crippen molar-refractivity contribution in [3.63, 3.8) is 0 Å². The lowest BCUT2D eigenvalue weighted by atomic mass is 9.95. The number of hydrogen-bond donors (Lipinski definition) is 1. The number of nitrogens with zero attached hydrogens (tertiary/aromatic N) is 3. The number of amides is 1. The Morgan fingerprint density at radius 3 is 2.51 bits per heavy atom. The van der Waals surface area contributed by atoms with Gasteiger partial charge >= 0.3 is 11.9 Å². The number of ketones is 1. The lowest BCUT2D eigenvalue weighted by molar-refractivity contribution is -0.132. The average molecular weight is 522 g/mol. The van der Waals surface area contributed by atoms with Crippen LogP contribution < -0.4 is 14.4 Å². The number of anilines is 1. The minimum atomic E-state index is -1.07. The molecule has 1 saturated heterocycles. The smallest absolute Gasteiger partial charge is 0.350 e. The molecule has 1 N–H and O–H groups in total. The molecule has 3 aromatic rings. The number of methoxy groups -OCH3 is 2. The lowest BCUT2D eigenvalue weighted by Gasteiger charge is -2.23. The number of rotatable bonds is 8. The number of Topliss-reactive ketones (excluding diaryl/α,β-unsaturated/α-hetero) is 1. The number of benzene rings is 1. The van der Waals surface area contributed by atoms with Gasteiger partial charge in [0.15, 0.2) is 16.6 Å². The van der Waals surface area contributed by atoms with Crippen molar-refractivity contribution in [1.29, 1.82) is 0 Å². The first-order valence-electron chi connectivity index (χ1n) is 11.0. The Balaban J connectivity index is 1.92. The van der Waals surface area contributed by atoms with Gasteiger partial charge in [-0.2, -0.15) is 0 Å². The molecular weight excluding hydrogens is 498 g/mol. The molecular formula is C26H23N3O7S. The molecule has 1 unspecified atom stereocenters. The zero-order chi connectivity index (χ0) is 26.7. The molecule has 2 aromatic heterocycles. The van der Waals surface area contributed by atoms with E-state index in [0.717, 1.165) is 16.2 Å². The third kappa shape index (κ3) is 4.68. The van der Waals surface area contributed by atoms with Crippen LogP contribution in [0.5, 0.6) is 11.5 Å². The highest BCUT2D eigenvalue weighted by molar-refractivity contribution is 7.17. The van der Waals surface area contributed by atoms with Crippen molar-refractivity contribution < 1.29 is 33.7 Å². The van der Waals surface area contributed by atoms with Gasteiger partial charge in [0.25, 0.3) is 5.78 Å². The molecule has 37 heavy (non-hydrogen) atoms. The molecule has 1 aliphatic rings. The van der Waals surface area contributed by atoms with Crippen LogP contribution in [0.2, 0.25) is 0 Å². The molecule has 11 heteroatoms. The highest BCUT2D eigenvalue weighted by atomic mass is 32.1. The predicted octanol–water partition coefficient (Wildman–Crippen LogP) is 3.83. The van der Waals surface area contributed by atoms with Crippen LogP contribution in [-0.4, -0.2) is 53.6 Å². The van der Waals surface area contributed by atoms with E-state index in [2.05, 4.69) is 16.5 Å². The first-order valence-corrected chi connectivity index (χ1v) is 11.8. The second-order valence-corrected chi connectivity index (χ2v) is 8.80. The Kier molecular flexibility index (Phi) is 7.35. The first-order chi connectivity index (χ1) is 17.8. The first kappa shape index (κ1) is 25.6. The van der Waals surface area contributed by atoms with Crippen LogP contribution in [0.1, 0.15) is 32.5 Å². The van der Waals surface area contributed by atoms with Crippen LogP contribution in [0.3, 0.4) is 0 Å². The molecule has 0 bridgehead atoms. The van der Waals surface area contributed by atoms with Gasteiger partial charge in [0, 0.05) is 18.0 Å². The summed E-state index contributed by atoms with van der Waals surface area (Å²) in [5, 5.41) is 11.3. The van der Waals surface area contributed by atoms with Gasteiger partial charge in [-0.05, 0) is 36.8 Å². The quantitative estimate of drug-likeness (QED) is 0.155. The predicted molar refractivity (Wildman–Crippen MR) is 136 cm³/mol. The van der Waals surface area contributed by atoms with Crippen molar-refractivity contribution in [2.24, 2.45) is 0 Å². The molecule has 0 aliphatic carbocycles. The highest BCUT2D eigenvalue weighted by Crippen LogP contribution is 2.45. The Bertz CT molecular complexity index is 1410. The van der Waals surface area contributed by atoms with Gasteiger partial charge in [-0.15, -0.1) is 0 Å². The molecule has 190 valence electrons. The Labute approximate surface area is 216 Å². The van der Waals surface area contributed by atoms with Crippen LogP contribution in [0.25, 0.3) is 5.76 Å². The molecule has 0 radical (unpaired) electrons. The zero-order valence-corrected chi connectivity index (χ0v) is 21.1. The van der Waals surface area contributed by atoms with Gasteiger partial charge in [0.05, 0.1) is 31.5 Å². The molecule has 1 fully saturated rings. The molecule has 0 saturated carbocycles. The number of pyridine rings is 1. The monoisotopic (exact) mass is 521 g/mol. The third-order valence-electron chi connectivity index (χ3n) is 5.63. The highest BCUT2D eigenvalue weighted by Gasteiger charge is 2.48. The fourth-order valence-corrected chi connectivity index (χ4v) is 4.90. The van der Waals surface area contributed by atoms with Crippen molar-refractivity contribution >= 4 is 39.9 Å². The van der Waals surface area contributed by atoms with E-state index in [1.807, 2.05) is 0 Å². The van der Waals surface area contributed by atoms with E-state index in [1.54, 1.807) is 25.1 Å². The van der Waals surface area contributed by atoms with Crippen LogP contribution >= 0.6 is 11.3 Å². The van der Waals surface area contributed by atoms with E-state index in [4.69, 9.17) is 14.2 Å². The normalized spacial score (nSPS) is 16.5. The number of aliphatic hydroxyl groups is 1. The molecule has 0 spiro atoms. The second kappa shape index (κ2) is 10.6. The maximum atomic E-state index is 13.4. The summed E-state index contributed by atoms with van der Waals surface area (Å²) in [7, 11) is 2.94. The zero-order valence-electron chi connectivity index (χ0n) is 20.3. The lowest BCUT2D eigenvalue weighted by Crippen LogP contribution is -2.29. The number of thiazole rings is 1. The summed E-state index contributed by atoms with van der Waals surface area (Å²) in [6, 6.07) is 6.87. The van der Waals surface area contributed by atoms with Gasteiger partial charge in [0.2, 0.25) is 0 Å². The van der Waals surface area contributed by atoms with Crippen molar-refractivity contribution in [2.75, 3.05) is 25.7 Å². The Morgan fingerprint density at radius 2 is 1.86 bits per heavy atom. The number of esters is 1. The summed E-state index contributed by atoms with van der Waals surface area (Å²) < 4.78 is 15.9. The molecule has 1 aliphatic heterocycles. The van der Waals surface area contributed by atoms with Crippen LogP contribution in [0.15, 0.2) is 61.0 Å². The van der Waals surface area contributed by atoms with Crippen molar-refractivity contribution in [3.8, 4) is 11.5 Å². The number of carbonyl (C=O) groups is 3. The molecule has 3 heterocycles. The van der Waals surface area contributed by atoms with E-state index in [9.17, 15) is 19.5 Å². The van der Waals surface area contributed by atoms with Gasteiger partial charge in [0.1, 0.15) is 17.2 Å². The number of aromatic nitrogens is 2. The van der Waals surface area contributed by atoms with Crippen molar-refractivity contribution in [2.45, 2.75) is 13.0 Å². The maximum absolute atomic E-state index is 13.4. The molecule has 1 aromatic carbocycles. The Hall–Kier alpha value is -4.51. The fraction of sp³-hybridized carbons (Fsp3) is 0.192. The minimum Gasteiger partial charge on any atom is -0.507 e. The summed E-state index contributed by atoms with van der Waals surface area (Å²) in [6.07, 6.45) is 4.35. The maximum Gasteiger partial charge on any atom is 0.350 e. The van der Waals surface area contributed by atoms with Crippen LogP contribution in [0.4, 0.5) is 5.13 Å². The van der Waals surface area contributed by atoms with Crippen molar-refractivity contribution in [3.05, 3.63) is 82.7 Å². The number of ether oxygens (including phenoxy) is 3. The summed E-state index contributed by atoms with van der Waals surface area (Å²) in [6.45, 7) is 5.13. The average Bonchev–Trinajstić information content (AvgIpc) is 3.43. The number of hydrogen-bond acceptors (Lipinski definition) is 10. The topological polar surface area (TPSA) is 128 Å². The van der Waals surface area contributed by atoms with Gasteiger partial charge in [-0.3, -0.25) is 19.5 Å². The molecule has 1 atom stereocenters. The van der Waals surface area contributed by atoms with E-state index in [-0.39, 0.29) is 27.9 Å². The fourth-order valence-electron chi connectivity index (χ4n) is 3.91. The summed E-state index contributed by atoms with van der Waals surface area (Å²) in [4.78, 5) is 48.9. The van der Waals surface area contributed by atoms with E-state index < -0.39 is 23.7 Å². The second-order valence-electron chi connectivity index (χ2n) is 7.82. The molecule has 1 amide bonds. The third-order valence-corrected chi connectivity index (χ3v) is 6.77. The number of aryl methyl sites for hydroxylation is 1. The van der Waals surface area contributed by atoms with E-state index in [0.29, 0.717) is 28.3 Å². The van der Waals surface area contributed by atoms with Gasteiger partial charge in [-0.1, -0.05) is 30.1 Å². The van der Waals surface area contributed by atoms with Crippen LogP contribution in [0, 0.1) is 6.92 Å². The largest absolute Gasteiger partial charge is 0.507 e. The number of aliphatic hydroxyl groups excluding tert-OH is 1. The Morgan fingerprint density at radius 1 is 1.16 bits per heavy atom. The SMILES string of the molecule is C=CCOC(=O)c1sc(N2C(=O)C(=O)C(=C(O)c3ccncc3)C2c2ccc(OC)c(OC)c2)nc1C. The molecule has 4 rings (SSSR count). The van der Waals surface area contributed by atoms with Gasteiger partial charge in [-0.25, -0.2) is 9.78 Å². The standard InChI is InChI=1S/C26H23N3O7S/c1-5-12-36-25(33)23-14(2)28-26(37-23)29-20(16-6-7-17(34-3)18(13-16)35-4)19(22(31)24(29)32)21(30)15-8-10-27-11-9-15/h5-11,13,20,30H,1,12H2,2-4H3. The van der Waals surface area contributed by atoms with Crippen LogP contribution in [-0.2, 0) is 14.3 Å². The summed E-state index contributed by atoms with van der Waals surface area (Å²) in [5.41, 5.74) is 0.946. The van der Waals surface area contributed by atoms with Crippen molar-refractivity contribution in [1.82, 2.24) is 9.97 Å². The van der Waals surface area contributed by atoms with Gasteiger partial charge < -0.3 is 19.3 Å². The van der Waals surface area contributed by atoms with E-state index in [1.165, 1.54) is 44.8 Å². The minimum absolute atomic E-state index is 0.00754.